The van der Waals surface area contributed by atoms with Crippen molar-refractivity contribution < 1.29 is 14.3 Å². The van der Waals surface area contributed by atoms with Gasteiger partial charge in [-0.05, 0) is 55.0 Å². The van der Waals surface area contributed by atoms with Gasteiger partial charge in [0, 0.05) is 25.5 Å². The number of amides is 2. The molecular formula is C26H24ClN3O3. The highest BCUT2D eigenvalue weighted by Gasteiger charge is 2.40. The largest absolute Gasteiger partial charge is 0.495 e. The molecule has 3 aromatic rings. The molecule has 1 heterocycles. The van der Waals surface area contributed by atoms with Crippen molar-refractivity contribution in [2.24, 2.45) is 0 Å². The van der Waals surface area contributed by atoms with Gasteiger partial charge in [0.05, 0.1) is 23.4 Å². The minimum atomic E-state index is -0.450. The van der Waals surface area contributed by atoms with E-state index < -0.39 is 11.8 Å². The summed E-state index contributed by atoms with van der Waals surface area (Å²) in [6.45, 7) is 1.97. The first-order valence-electron chi connectivity index (χ1n) is 10.4. The number of hydrogen-bond acceptors (Lipinski definition) is 5. The zero-order valence-electron chi connectivity index (χ0n) is 18.8. The van der Waals surface area contributed by atoms with E-state index in [9.17, 15) is 9.59 Å². The SMILES string of the molecule is COc1ccc(N2C(=O)C(Nc3ccc(N(C)C)cc3)=C(c3ccc(C)cc3)C2=O)cc1Cl. The Bertz CT molecular complexity index is 1250. The predicted octanol–water partition coefficient (Wildman–Crippen LogP) is 5.12. The highest BCUT2D eigenvalue weighted by molar-refractivity contribution is 6.46. The second kappa shape index (κ2) is 9.00. The number of ether oxygens (including phenoxy) is 1. The van der Waals surface area contributed by atoms with Gasteiger partial charge < -0.3 is 15.0 Å². The zero-order chi connectivity index (χ0) is 23.7. The number of carbonyl (C=O) groups excluding carboxylic acids is 2. The summed E-state index contributed by atoms with van der Waals surface area (Å²) in [4.78, 5) is 30.2. The maximum absolute atomic E-state index is 13.5. The van der Waals surface area contributed by atoms with E-state index in [1.165, 1.54) is 7.11 Å². The lowest BCUT2D eigenvalue weighted by atomic mass is 10.0. The molecule has 1 aliphatic heterocycles. The van der Waals surface area contributed by atoms with Crippen molar-refractivity contribution in [2.45, 2.75) is 6.92 Å². The molecule has 0 radical (unpaired) electrons. The summed E-state index contributed by atoms with van der Waals surface area (Å²) in [7, 11) is 5.42. The Morgan fingerprint density at radius 2 is 1.58 bits per heavy atom. The fourth-order valence-corrected chi connectivity index (χ4v) is 3.90. The lowest BCUT2D eigenvalue weighted by Gasteiger charge is -2.17. The fourth-order valence-electron chi connectivity index (χ4n) is 3.65. The quantitative estimate of drug-likeness (QED) is 0.516. The van der Waals surface area contributed by atoms with Crippen molar-refractivity contribution in [2.75, 3.05) is 36.3 Å². The van der Waals surface area contributed by atoms with Gasteiger partial charge in [-0.25, -0.2) is 4.90 Å². The molecule has 0 spiro atoms. The van der Waals surface area contributed by atoms with Crippen LogP contribution < -0.4 is 19.9 Å². The highest BCUT2D eigenvalue weighted by atomic mass is 35.5. The van der Waals surface area contributed by atoms with Gasteiger partial charge in [0.1, 0.15) is 11.4 Å². The van der Waals surface area contributed by atoms with Crippen LogP contribution >= 0.6 is 11.6 Å². The third kappa shape index (κ3) is 4.30. The minimum Gasteiger partial charge on any atom is -0.495 e. The van der Waals surface area contributed by atoms with Crippen molar-refractivity contribution in [3.63, 3.8) is 0 Å². The van der Waals surface area contributed by atoms with E-state index in [1.807, 2.05) is 74.4 Å². The highest BCUT2D eigenvalue weighted by Crippen LogP contribution is 2.36. The number of rotatable bonds is 6. The van der Waals surface area contributed by atoms with Gasteiger partial charge in [0.15, 0.2) is 0 Å². The molecule has 2 amide bonds. The van der Waals surface area contributed by atoms with E-state index in [2.05, 4.69) is 5.32 Å². The Morgan fingerprint density at radius 1 is 0.909 bits per heavy atom. The third-order valence-corrected chi connectivity index (χ3v) is 5.77. The van der Waals surface area contributed by atoms with Gasteiger partial charge in [-0.2, -0.15) is 0 Å². The molecule has 0 aromatic heterocycles. The maximum Gasteiger partial charge on any atom is 0.282 e. The molecule has 7 heteroatoms. The van der Waals surface area contributed by atoms with Gasteiger partial charge in [-0.1, -0.05) is 41.4 Å². The molecule has 0 saturated heterocycles. The molecule has 4 rings (SSSR count). The van der Waals surface area contributed by atoms with Gasteiger partial charge in [0.2, 0.25) is 0 Å². The molecule has 0 bridgehead atoms. The average Bonchev–Trinajstić information content (AvgIpc) is 3.04. The maximum atomic E-state index is 13.5. The third-order valence-electron chi connectivity index (χ3n) is 5.47. The molecule has 0 saturated carbocycles. The summed E-state index contributed by atoms with van der Waals surface area (Å²) in [5.41, 5.74) is 4.35. The monoisotopic (exact) mass is 461 g/mol. The minimum absolute atomic E-state index is 0.216. The Balaban J connectivity index is 1.77. The van der Waals surface area contributed by atoms with Crippen molar-refractivity contribution >= 4 is 46.1 Å². The van der Waals surface area contributed by atoms with Gasteiger partial charge >= 0.3 is 0 Å². The summed E-state index contributed by atoms with van der Waals surface area (Å²) in [6, 6.07) is 20.0. The van der Waals surface area contributed by atoms with Crippen LogP contribution in [0.5, 0.6) is 5.75 Å². The smallest absolute Gasteiger partial charge is 0.282 e. The second-order valence-electron chi connectivity index (χ2n) is 7.95. The molecule has 33 heavy (non-hydrogen) atoms. The number of anilines is 3. The van der Waals surface area contributed by atoms with Crippen LogP contribution in [0.3, 0.4) is 0 Å². The molecule has 0 atom stereocenters. The standard InChI is InChI=1S/C26H24ClN3O3/c1-16-5-7-17(8-6-16)23-24(28-18-9-11-19(12-10-18)29(2)3)26(32)30(25(23)31)20-13-14-22(33-4)21(27)15-20/h5-15,28H,1-4H3. The number of aryl methyl sites for hydroxylation is 1. The van der Waals surface area contributed by atoms with Crippen molar-refractivity contribution in [1.82, 2.24) is 0 Å². The molecule has 0 aliphatic carbocycles. The van der Waals surface area contributed by atoms with Crippen molar-refractivity contribution in [3.8, 4) is 5.75 Å². The second-order valence-corrected chi connectivity index (χ2v) is 8.35. The number of halogens is 1. The number of carbonyl (C=O) groups is 2. The summed E-state index contributed by atoms with van der Waals surface area (Å²) in [5, 5.41) is 3.49. The summed E-state index contributed by atoms with van der Waals surface area (Å²) in [6.07, 6.45) is 0. The predicted molar refractivity (Wildman–Crippen MR) is 133 cm³/mol. The van der Waals surface area contributed by atoms with E-state index in [0.717, 1.165) is 16.2 Å². The van der Waals surface area contributed by atoms with Gasteiger partial charge in [-0.15, -0.1) is 0 Å². The Morgan fingerprint density at radius 3 is 2.15 bits per heavy atom. The molecule has 3 aromatic carbocycles. The van der Waals surface area contributed by atoms with Crippen LogP contribution in [-0.4, -0.2) is 33.0 Å². The van der Waals surface area contributed by atoms with Gasteiger partial charge in [0.25, 0.3) is 11.8 Å². The Labute approximate surface area is 198 Å². The first kappa shape index (κ1) is 22.4. The van der Waals surface area contributed by atoms with E-state index in [1.54, 1.807) is 18.2 Å². The van der Waals surface area contributed by atoms with Crippen molar-refractivity contribution in [3.05, 3.63) is 88.6 Å². The summed E-state index contributed by atoms with van der Waals surface area (Å²) in [5.74, 6) is -0.406. The van der Waals surface area contributed by atoms with Crippen LogP contribution in [-0.2, 0) is 9.59 Å². The average molecular weight is 462 g/mol. The van der Waals surface area contributed by atoms with E-state index in [0.29, 0.717) is 33.3 Å². The lowest BCUT2D eigenvalue weighted by molar-refractivity contribution is -0.120. The van der Waals surface area contributed by atoms with E-state index in [4.69, 9.17) is 16.3 Å². The molecule has 1 N–H and O–H groups in total. The first-order chi connectivity index (χ1) is 15.8. The summed E-state index contributed by atoms with van der Waals surface area (Å²) >= 11 is 6.27. The van der Waals surface area contributed by atoms with Gasteiger partial charge in [-0.3, -0.25) is 9.59 Å². The molecule has 0 fully saturated rings. The van der Waals surface area contributed by atoms with Crippen LogP contribution in [0.15, 0.2) is 72.4 Å². The van der Waals surface area contributed by atoms with Crippen LogP contribution in [0.2, 0.25) is 5.02 Å². The van der Waals surface area contributed by atoms with Crippen LogP contribution in [0.25, 0.3) is 5.57 Å². The molecular weight excluding hydrogens is 438 g/mol. The molecule has 168 valence electrons. The van der Waals surface area contributed by atoms with Crippen LogP contribution in [0.1, 0.15) is 11.1 Å². The number of nitrogens with one attached hydrogen (secondary N) is 1. The topological polar surface area (TPSA) is 61.9 Å². The van der Waals surface area contributed by atoms with E-state index >= 15 is 0 Å². The van der Waals surface area contributed by atoms with E-state index in [-0.39, 0.29) is 5.70 Å². The molecule has 0 unspecified atom stereocenters. The normalized spacial score (nSPS) is 13.5. The van der Waals surface area contributed by atoms with Crippen molar-refractivity contribution in [1.29, 1.82) is 0 Å². The fraction of sp³-hybridized carbons (Fsp3) is 0.154. The number of methoxy groups -OCH3 is 1. The Kier molecular flexibility index (Phi) is 6.11. The summed E-state index contributed by atoms with van der Waals surface area (Å²) < 4.78 is 5.20. The number of hydrogen-bond donors (Lipinski definition) is 1. The Hall–Kier alpha value is -3.77. The number of nitrogens with zero attached hydrogens (tertiary/aromatic N) is 2. The zero-order valence-corrected chi connectivity index (χ0v) is 19.6. The molecule has 6 nitrogen and oxygen atoms in total. The molecule has 1 aliphatic rings. The van der Waals surface area contributed by atoms with Crippen LogP contribution in [0, 0.1) is 6.92 Å². The lowest BCUT2D eigenvalue weighted by Crippen LogP contribution is -2.32. The first-order valence-corrected chi connectivity index (χ1v) is 10.8. The number of imide groups is 1. The van der Waals surface area contributed by atoms with Crippen LogP contribution in [0.4, 0.5) is 17.1 Å². The number of benzene rings is 3.